The molecule has 4 amide bonds. The van der Waals surface area contributed by atoms with Gasteiger partial charge in [-0.05, 0) is 54.1 Å². The van der Waals surface area contributed by atoms with Crippen molar-refractivity contribution >= 4 is 46.9 Å². The number of nitrogens with one attached hydrogen (secondary N) is 1. The molecule has 10 heteroatoms. The lowest BCUT2D eigenvalue weighted by Gasteiger charge is -2.26. The summed E-state index contributed by atoms with van der Waals surface area (Å²) in [5, 5.41) is 13.3. The van der Waals surface area contributed by atoms with Crippen molar-refractivity contribution in [2.24, 2.45) is 0 Å². The van der Waals surface area contributed by atoms with Crippen molar-refractivity contribution in [3.63, 3.8) is 0 Å². The molecule has 0 spiro atoms. The Balaban J connectivity index is 1.63. The summed E-state index contributed by atoms with van der Waals surface area (Å²) < 4.78 is 5.83. The van der Waals surface area contributed by atoms with E-state index in [-0.39, 0.29) is 17.9 Å². The van der Waals surface area contributed by atoms with E-state index < -0.39 is 22.8 Å². The first kappa shape index (κ1) is 22.7. The van der Waals surface area contributed by atoms with Gasteiger partial charge in [0.15, 0.2) is 0 Å². The van der Waals surface area contributed by atoms with Gasteiger partial charge in [0.2, 0.25) is 0 Å². The molecule has 1 saturated heterocycles. The SMILES string of the molecule is O=C1NC(=O)N(c2ccccc2)C(=O)C1=Cc1cc(Cl)ccc1OCc1ccc([N+](=O)[O-])cc1. The maximum absolute atomic E-state index is 13.1. The van der Waals surface area contributed by atoms with E-state index in [1.165, 1.54) is 24.3 Å². The van der Waals surface area contributed by atoms with Gasteiger partial charge < -0.3 is 4.74 Å². The van der Waals surface area contributed by atoms with Gasteiger partial charge >= 0.3 is 6.03 Å². The highest BCUT2D eigenvalue weighted by Crippen LogP contribution is 2.28. The summed E-state index contributed by atoms with van der Waals surface area (Å²) in [5.41, 5.74) is 1.01. The lowest BCUT2D eigenvalue weighted by atomic mass is 10.1. The van der Waals surface area contributed by atoms with Gasteiger partial charge in [0.05, 0.1) is 10.6 Å². The maximum atomic E-state index is 13.1. The Bertz CT molecular complexity index is 1320. The lowest BCUT2D eigenvalue weighted by Crippen LogP contribution is -2.54. The van der Waals surface area contributed by atoms with Crippen molar-refractivity contribution in [3.8, 4) is 5.75 Å². The van der Waals surface area contributed by atoms with E-state index in [1.54, 1.807) is 54.6 Å². The molecule has 4 rings (SSSR count). The minimum absolute atomic E-state index is 0.0417. The molecule has 3 aromatic carbocycles. The van der Waals surface area contributed by atoms with Crippen LogP contribution in [0, 0.1) is 10.1 Å². The van der Waals surface area contributed by atoms with Crippen LogP contribution in [0.15, 0.2) is 78.4 Å². The van der Waals surface area contributed by atoms with Crippen LogP contribution in [0.1, 0.15) is 11.1 Å². The topological polar surface area (TPSA) is 119 Å². The molecule has 0 aliphatic carbocycles. The van der Waals surface area contributed by atoms with E-state index in [2.05, 4.69) is 5.32 Å². The molecule has 3 aromatic rings. The lowest BCUT2D eigenvalue weighted by molar-refractivity contribution is -0.384. The van der Waals surface area contributed by atoms with Gasteiger partial charge in [0.1, 0.15) is 17.9 Å². The highest BCUT2D eigenvalue weighted by atomic mass is 35.5. The molecule has 1 N–H and O–H groups in total. The third kappa shape index (κ3) is 4.79. The van der Waals surface area contributed by atoms with E-state index in [4.69, 9.17) is 16.3 Å². The normalized spacial score (nSPS) is 14.8. The molecule has 9 nitrogen and oxygen atoms in total. The molecule has 0 bridgehead atoms. The maximum Gasteiger partial charge on any atom is 0.335 e. The van der Waals surface area contributed by atoms with Crippen molar-refractivity contribution in [2.45, 2.75) is 6.61 Å². The van der Waals surface area contributed by atoms with Crippen LogP contribution in [0.2, 0.25) is 5.02 Å². The first-order chi connectivity index (χ1) is 16.3. The predicted molar refractivity (Wildman–Crippen MR) is 124 cm³/mol. The number of amides is 4. The molecule has 0 unspecified atom stereocenters. The second-order valence-electron chi connectivity index (χ2n) is 7.19. The number of barbiturate groups is 1. The average molecular weight is 478 g/mol. The highest BCUT2D eigenvalue weighted by molar-refractivity contribution is 6.39. The van der Waals surface area contributed by atoms with Crippen LogP contribution in [0.5, 0.6) is 5.75 Å². The van der Waals surface area contributed by atoms with E-state index in [9.17, 15) is 24.5 Å². The van der Waals surface area contributed by atoms with Crippen molar-refractivity contribution in [1.82, 2.24) is 5.32 Å². The van der Waals surface area contributed by atoms with E-state index >= 15 is 0 Å². The molecular formula is C24H16ClN3O6. The van der Waals surface area contributed by atoms with Crippen molar-refractivity contribution in [2.75, 3.05) is 4.90 Å². The third-order valence-corrected chi connectivity index (χ3v) is 5.16. The third-order valence-electron chi connectivity index (χ3n) is 4.93. The molecular weight excluding hydrogens is 462 g/mol. The first-order valence-electron chi connectivity index (χ1n) is 9.95. The summed E-state index contributed by atoms with van der Waals surface area (Å²) in [6.07, 6.45) is 1.30. The number of nitro groups is 1. The van der Waals surface area contributed by atoms with Crippen LogP contribution in [0.4, 0.5) is 16.2 Å². The van der Waals surface area contributed by atoms with Gasteiger partial charge in [-0.2, -0.15) is 0 Å². The van der Waals surface area contributed by atoms with Gasteiger partial charge in [0, 0.05) is 22.7 Å². The summed E-state index contributed by atoms with van der Waals surface area (Å²) in [6, 6.07) is 17.9. The average Bonchev–Trinajstić information content (AvgIpc) is 2.82. The summed E-state index contributed by atoms with van der Waals surface area (Å²) in [5.74, 6) is -1.32. The number of imide groups is 2. The van der Waals surface area contributed by atoms with Gasteiger partial charge in [0.25, 0.3) is 17.5 Å². The Morgan fingerprint density at radius 2 is 1.71 bits per heavy atom. The van der Waals surface area contributed by atoms with Crippen LogP contribution < -0.4 is 15.0 Å². The molecule has 1 fully saturated rings. The van der Waals surface area contributed by atoms with Gasteiger partial charge in [-0.15, -0.1) is 0 Å². The highest BCUT2D eigenvalue weighted by Gasteiger charge is 2.36. The quantitative estimate of drug-likeness (QED) is 0.242. The molecule has 1 heterocycles. The van der Waals surface area contributed by atoms with Gasteiger partial charge in [-0.25, -0.2) is 9.69 Å². The zero-order chi connectivity index (χ0) is 24.2. The Labute approximate surface area is 198 Å². The first-order valence-corrected chi connectivity index (χ1v) is 10.3. The van der Waals surface area contributed by atoms with Crippen molar-refractivity contribution in [3.05, 3.63) is 105 Å². The van der Waals surface area contributed by atoms with Crippen molar-refractivity contribution < 1.29 is 24.0 Å². The van der Waals surface area contributed by atoms with Crippen LogP contribution in [0.3, 0.4) is 0 Å². The Hall–Kier alpha value is -4.50. The molecule has 34 heavy (non-hydrogen) atoms. The summed E-state index contributed by atoms with van der Waals surface area (Å²) >= 11 is 6.12. The van der Waals surface area contributed by atoms with Crippen LogP contribution >= 0.6 is 11.6 Å². The largest absolute Gasteiger partial charge is 0.488 e. The standard InChI is InChI=1S/C24H16ClN3O6/c25-17-8-11-21(34-14-15-6-9-19(10-7-15)28(32)33)16(12-17)13-20-22(29)26-24(31)27(23(20)30)18-4-2-1-3-5-18/h1-13H,14H2,(H,26,29,31). The Morgan fingerprint density at radius 1 is 1.00 bits per heavy atom. The Morgan fingerprint density at radius 3 is 2.38 bits per heavy atom. The van der Waals surface area contributed by atoms with Crippen molar-refractivity contribution in [1.29, 1.82) is 0 Å². The monoisotopic (exact) mass is 477 g/mol. The van der Waals surface area contributed by atoms with E-state index in [0.29, 0.717) is 27.6 Å². The number of benzene rings is 3. The molecule has 1 aliphatic rings. The number of nitro benzene ring substituents is 1. The van der Waals surface area contributed by atoms with Crippen LogP contribution in [-0.2, 0) is 16.2 Å². The summed E-state index contributed by atoms with van der Waals surface area (Å²) in [6.45, 7) is 0.0740. The van der Waals surface area contributed by atoms with E-state index in [0.717, 1.165) is 4.90 Å². The number of ether oxygens (including phenoxy) is 1. The minimum Gasteiger partial charge on any atom is -0.488 e. The van der Waals surface area contributed by atoms with Crippen LogP contribution in [-0.4, -0.2) is 22.8 Å². The fourth-order valence-electron chi connectivity index (χ4n) is 3.26. The molecule has 170 valence electrons. The Kier molecular flexibility index (Phi) is 6.37. The zero-order valence-corrected chi connectivity index (χ0v) is 18.2. The molecule has 1 aliphatic heterocycles. The van der Waals surface area contributed by atoms with Crippen LogP contribution in [0.25, 0.3) is 6.08 Å². The smallest absolute Gasteiger partial charge is 0.335 e. The number of hydrogen-bond acceptors (Lipinski definition) is 6. The molecule has 0 saturated carbocycles. The summed E-state index contributed by atoms with van der Waals surface area (Å²) in [4.78, 5) is 49.1. The number of para-hydroxylation sites is 1. The number of halogens is 1. The number of rotatable bonds is 6. The molecule has 0 radical (unpaired) electrons. The fraction of sp³-hybridized carbons (Fsp3) is 0.0417. The number of carbonyl (C=O) groups excluding carboxylic acids is 3. The summed E-state index contributed by atoms with van der Waals surface area (Å²) in [7, 11) is 0. The number of hydrogen-bond donors (Lipinski definition) is 1. The number of anilines is 1. The fourth-order valence-corrected chi connectivity index (χ4v) is 3.44. The van der Waals surface area contributed by atoms with E-state index in [1.807, 2.05) is 0 Å². The molecule has 0 atom stereocenters. The molecule has 0 aromatic heterocycles. The zero-order valence-electron chi connectivity index (χ0n) is 17.4. The number of non-ortho nitro benzene ring substituents is 1. The number of carbonyl (C=O) groups is 3. The number of urea groups is 1. The van der Waals surface area contributed by atoms with Gasteiger partial charge in [-0.1, -0.05) is 29.8 Å². The van der Waals surface area contributed by atoms with Gasteiger partial charge in [-0.3, -0.25) is 25.0 Å². The number of nitrogens with zero attached hydrogens (tertiary/aromatic N) is 2. The predicted octanol–water partition coefficient (Wildman–Crippen LogP) is 4.49. The second-order valence-corrected chi connectivity index (χ2v) is 7.62. The second kappa shape index (κ2) is 9.55. The minimum atomic E-state index is -0.848.